The number of urea groups is 1. The average Bonchev–Trinajstić information content (AvgIpc) is 2.36. The fourth-order valence-corrected chi connectivity index (χ4v) is 2.16. The van der Waals surface area contributed by atoms with Crippen LogP contribution >= 0.6 is 0 Å². The molecule has 2 amide bonds. The van der Waals surface area contributed by atoms with E-state index in [0.29, 0.717) is 0 Å². The Morgan fingerprint density at radius 3 is 2.11 bits per heavy atom. The van der Waals surface area contributed by atoms with Crippen LogP contribution in [0.1, 0.15) is 26.7 Å². The number of hydrogen-bond donors (Lipinski definition) is 1. The van der Waals surface area contributed by atoms with Gasteiger partial charge in [0.2, 0.25) is 0 Å². The molecule has 0 unspecified atom stereocenters. The Morgan fingerprint density at radius 1 is 1.21 bits per heavy atom. The Labute approximate surface area is 115 Å². The van der Waals surface area contributed by atoms with E-state index >= 15 is 0 Å². The maximum Gasteiger partial charge on any atom is 0.329 e. The fourth-order valence-electron chi connectivity index (χ4n) is 2.16. The van der Waals surface area contributed by atoms with Crippen molar-refractivity contribution in [3.05, 3.63) is 0 Å². The Kier molecular flexibility index (Phi) is 4.79. The molecule has 1 N–H and O–H groups in total. The molecule has 0 radical (unpaired) electrons. The Morgan fingerprint density at radius 2 is 1.68 bits per heavy atom. The molecular weight excluding hydrogens is 246 g/mol. The van der Waals surface area contributed by atoms with Crippen LogP contribution in [0.15, 0.2) is 0 Å². The van der Waals surface area contributed by atoms with Gasteiger partial charge in [0.05, 0.1) is 0 Å². The molecule has 0 aromatic heterocycles. The Balaban J connectivity index is 2.69. The van der Waals surface area contributed by atoms with Gasteiger partial charge >= 0.3 is 12.0 Å². The number of nitrogens with zero attached hydrogens (tertiary/aromatic N) is 3. The van der Waals surface area contributed by atoms with Crippen LogP contribution in [-0.2, 0) is 4.79 Å². The molecule has 0 spiro atoms. The minimum Gasteiger partial charge on any atom is -0.480 e. The summed E-state index contributed by atoms with van der Waals surface area (Å²) in [7, 11) is 5.37. The van der Waals surface area contributed by atoms with E-state index < -0.39 is 11.5 Å². The Bertz CT molecular complexity index is 349. The summed E-state index contributed by atoms with van der Waals surface area (Å²) >= 11 is 0. The highest BCUT2D eigenvalue weighted by Crippen LogP contribution is 2.19. The molecule has 1 aliphatic heterocycles. The quantitative estimate of drug-likeness (QED) is 0.829. The molecule has 0 aromatic rings. The first-order valence-electron chi connectivity index (χ1n) is 6.60. The third-order valence-electron chi connectivity index (χ3n) is 4.19. The summed E-state index contributed by atoms with van der Waals surface area (Å²) in [5, 5.41) is 9.17. The Hall–Kier alpha value is -1.30. The van der Waals surface area contributed by atoms with Crippen LogP contribution in [0.3, 0.4) is 0 Å². The summed E-state index contributed by atoms with van der Waals surface area (Å²) < 4.78 is 0. The standard InChI is InChI=1S/C13H25N3O3/c1-13(2,11(17)18)16(5)12(19)15(4)10-6-8-14(3)9-7-10/h10H,6-9H2,1-5H3,(H,17,18). The number of carbonyl (C=O) groups excluding carboxylic acids is 1. The van der Waals surface area contributed by atoms with E-state index in [-0.39, 0.29) is 12.1 Å². The summed E-state index contributed by atoms with van der Waals surface area (Å²) in [5.74, 6) is -1.000. The predicted molar refractivity (Wildman–Crippen MR) is 73.2 cm³/mol. The number of likely N-dealkylation sites (N-methyl/N-ethyl adjacent to an activating group) is 1. The van der Waals surface area contributed by atoms with Crippen molar-refractivity contribution in [3.8, 4) is 0 Å². The molecule has 0 aromatic carbocycles. The van der Waals surface area contributed by atoms with Crippen LogP contribution in [0.25, 0.3) is 0 Å². The lowest BCUT2D eigenvalue weighted by Gasteiger charge is -2.40. The summed E-state index contributed by atoms with van der Waals surface area (Å²) in [4.78, 5) is 28.8. The maximum atomic E-state index is 12.3. The number of likely N-dealkylation sites (tertiary alicyclic amines) is 1. The van der Waals surface area contributed by atoms with Crippen molar-refractivity contribution in [2.75, 3.05) is 34.2 Å². The highest BCUT2D eigenvalue weighted by atomic mass is 16.4. The molecule has 0 bridgehead atoms. The highest BCUT2D eigenvalue weighted by Gasteiger charge is 2.38. The van der Waals surface area contributed by atoms with Crippen molar-refractivity contribution in [2.45, 2.75) is 38.3 Å². The van der Waals surface area contributed by atoms with Gasteiger partial charge in [0, 0.05) is 20.1 Å². The van der Waals surface area contributed by atoms with Crippen molar-refractivity contribution in [3.63, 3.8) is 0 Å². The van der Waals surface area contributed by atoms with Crippen LogP contribution in [-0.4, -0.2) is 77.6 Å². The maximum absolute atomic E-state index is 12.3. The van der Waals surface area contributed by atoms with E-state index in [1.165, 1.54) is 18.7 Å². The second-order valence-corrected chi connectivity index (χ2v) is 5.85. The zero-order valence-electron chi connectivity index (χ0n) is 12.5. The molecule has 6 nitrogen and oxygen atoms in total. The van der Waals surface area contributed by atoms with Gasteiger partial charge in [0.15, 0.2) is 0 Å². The van der Waals surface area contributed by atoms with Gasteiger partial charge in [-0.25, -0.2) is 9.59 Å². The molecule has 0 saturated carbocycles. The van der Waals surface area contributed by atoms with E-state index in [4.69, 9.17) is 5.11 Å². The van der Waals surface area contributed by atoms with E-state index in [0.717, 1.165) is 25.9 Å². The van der Waals surface area contributed by atoms with Gasteiger partial charge in [-0.3, -0.25) is 0 Å². The van der Waals surface area contributed by atoms with Gasteiger partial charge in [-0.1, -0.05) is 0 Å². The van der Waals surface area contributed by atoms with Crippen molar-refractivity contribution in [1.82, 2.24) is 14.7 Å². The van der Waals surface area contributed by atoms with E-state index in [1.807, 2.05) is 0 Å². The first kappa shape index (κ1) is 15.8. The smallest absolute Gasteiger partial charge is 0.329 e. The highest BCUT2D eigenvalue weighted by molar-refractivity contribution is 5.85. The SMILES string of the molecule is CN1CCC(N(C)C(=O)N(C)C(C)(C)C(=O)O)CC1. The first-order chi connectivity index (χ1) is 8.67. The topological polar surface area (TPSA) is 64.1 Å². The number of carbonyl (C=O) groups is 2. The van der Waals surface area contributed by atoms with E-state index in [9.17, 15) is 9.59 Å². The summed E-state index contributed by atoms with van der Waals surface area (Å²) in [6, 6.07) is -0.0438. The lowest BCUT2D eigenvalue weighted by Crippen LogP contribution is -2.57. The number of hydrogen-bond acceptors (Lipinski definition) is 3. The molecule has 1 rings (SSSR count). The molecule has 0 aliphatic carbocycles. The monoisotopic (exact) mass is 271 g/mol. The largest absolute Gasteiger partial charge is 0.480 e. The molecule has 110 valence electrons. The number of rotatable bonds is 3. The van der Waals surface area contributed by atoms with Crippen molar-refractivity contribution in [2.24, 2.45) is 0 Å². The summed E-state index contributed by atoms with van der Waals surface area (Å²) in [5.41, 5.74) is -1.20. The third kappa shape index (κ3) is 3.37. The zero-order chi connectivity index (χ0) is 14.8. The van der Waals surface area contributed by atoms with Gasteiger partial charge in [0.1, 0.15) is 5.54 Å². The molecule has 1 aliphatic rings. The lowest BCUT2D eigenvalue weighted by molar-refractivity contribution is -0.147. The normalized spacial score (nSPS) is 18.2. The predicted octanol–water partition coefficient (Wildman–Crippen LogP) is 0.927. The van der Waals surface area contributed by atoms with Gasteiger partial charge in [0.25, 0.3) is 0 Å². The first-order valence-corrected chi connectivity index (χ1v) is 6.60. The van der Waals surface area contributed by atoms with Gasteiger partial charge < -0.3 is 19.8 Å². The molecule has 6 heteroatoms. The van der Waals surface area contributed by atoms with Crippen molar-refractivity contribution < 1.29 is 14.7 Å². The van der Waals surface area contributed by atoms with Crippen molar-refractivity contribution >= 4 is 12.0 Å². The van der Waals surface area contributed by atoms with E-state index in [2.05, 4.69) is 11.9 Å². The molecular formula is C13H25N3O3. The van der Waals surface area contributed by atoms with Crippen molar-refractivity contribution in [1.29, 1.82) is 0 Å². The minimum atomic E-state index is -1.20. The number of carboxylic acids is 1. The van der Waals surface area contributed by atoms with Gasteiger partial charge in [-0.15, -0.1) is 0 Å². The summed E-state index contributed by atoms with van der Waals surface area (Å²) in [6.07, 6.45) is 1.86. The molecule has 1 fully saturated rings. The van der Waals surface area contributed by atoms with Crippen LogP contribution in [0, 0.1) is 0 Å². The second-order valence-electron chi connectivity index (χ2n) is 5.85. The number of piperidine rings is 1. The van der Waals surface area contributed by atoms with Crippen LogP contribution in [0.2, 0.25) is 0 Å². The number of carboxylic acid groups (broad SMARTS) is 1. The third-order valence-corrected chi connectivity index (χ3v) is 4.19. The lowest BCUT2D eigenvalue weighted by atomic mass is 10.0. The number of amides is 2. The second kappa shape index (κ2) is 5.77. The molecule has 0 atom stereocenters. The molecule has 1 saturated heterocycles. The van der Waals surface area contributed by atoms with E-state index in [1.54, 1.807) is 19.0 Å². The molecule has 19 heavy (non-hydrogen) atoms. The van der Waals surface area contributed by atoms with Gasteiger partial charge in [-0.2, -0.15) is 0 Å². The van der Waals surface area contributed by atoms with Crippen LogP contribution < -0.4 is 0 Å². The van der Waals surface area contributed by atoms with Crippen LogP contribution in [0.4, 0.5) is 4.79 Å². The fraction of sp³-hybridized carbons (Fsp3) is 0.846. The summed E-state index contributed by atoms with van der Waals surface area (Å²) in [6.45, 7) is 5.01. The zero-order valence-corrected chi connectivity index (χ0v) is 12.5. The minimum absolute atomic E-state index is 0.191. The van der Waals surface area contributed by atoms with Gasteiger partial charge in [-0.05, 0) is 46.8 Å². The number of aliphatic carboxylic acids is 1. The van der Waals surface area contributed by atoms with Crippen LogP contribution in [0.5, 0.6) is 0 Å². The average molecular weight is 271 g/mol. The molecule has 1 heterocycles.